The molecule has 12 heavy (non-hydrogen) atoms. The van der Waals surface area contributed by atoms with Crippen molar-refractivity contribution in [2.45, 2.75) is 0 Å². The van der Waals surface area contributed by atoms with Gasteiger partial charge in [0.05, 0.1) is 5.69 Å². The summed E-state index contributed by atoms with van der Waals surface area (Å²) in [5.41, 5.74) is 1.12. The standard InChI is InChI=1S/C8H10N4/c1-11-10-9-7-12(11)8-5-3-2-4-6-8/h2-6H,7H2,1H3. The average molecular weight is 162 g/mol. The molecule has 0 unspecified atom stereocenters. The summed E-state index contributed by atoms with van der Waals surface area (Å²) in [6.07, 6.45) is 0. The average Bonchev–Trinajstić information content (AvgIpc) is 2.53. The Morgan fingerprint density at radius 1 is 1.25 bits per heavy atom. The Morgan fingerprint density at radius 2 is 2.00 bits per heavy atom. The molecule has 0 amide bonds. The molecule has 1 aliphatic heterocycles. The molecule has 0 aromatic heterocycles. The Labute approximate surface area is 71.1 Å². The second-order valence-corrected chi connectivity index (χ2v) is 2.60. The van der Waals surface area contributed by atoms with Gasteiger partial charge in [-0.2, -0.15) is 5.12 Å². The maximum Gasteiger partial charge on any atom is 0.154 e. The van der Waals surface area contributed by atoms with Crippen LogP contribution in [0.25, 0.3) is 0 Å². The zero-order valence-corrected chi connectivity index (χ0v) is 6.88. The third-order valence-electron chi connectivity index (χ3n) is 1.79. The van der Waals surface area contributed by atoms with Gasteiger partial charge in [0.1, 0.15) is 0 Å². The smallest absolute Gasteiger partial charge is 0.154 e. The van der Waals surface area contributed by atoms with Crippen LogP contribution >= 0.6 is 0 Å². The minimum atomic E-state index is 0.612. The third kappa shape index (κ3) is 1.11. The van der Waals surface area contributed by atoms with Gasteiger partial charge in [-0.15, -0.1) is 5.11 Å². The molecule has 0 aliphatic carbocycles. The summed E-state index contributed by atoms with van der Waals surface area (Å²) in [6, 6.07) is 10.1. The second kappa shape index (κ2) is 2.81. The van der Waals surface area contributed by atoms with Crippen molar-refractivity contribution in [3.63, 3.8) is 0 Å². The van der Waals surface area contributed by atoms with E-state index in [4.69, 9.17) is 0 Å². The van der Waals surface area contributed by atoms with Crippen LogP contribution in [0.3, 0.4) is 0 Å². The van der Waals surface area contributed by atoms with Crippen molar-refractivity contribution in [1.29, 1.82) is 0 Å². The van der Waals surface area contributed by atoms with E-state index in [1.54, 1.807) is 5.12 Å². The van der Waals surface area contributed by atoms with Crippen molar-refractivity contribution < 1.29 is 0 Å². The van der Waals surface area contributed by atoms with Crippen LogP contribution in [-0.4, -0.2) is 18.8 Å². The van der Waals surface area contributed by atoms with Crippen LogP contribution in [0.1, 0.15) is 0 Å². The lowest BCUT2D eigenvalue weighted by Crippen LogP contribution is -2.31. The summed E-state index contributed by atoms with van der Waals surface area (Å²) in [6.45, 7) is 0.612. The van der Waals surface area contributed by atoms with Gasteiger partial charge in [-0.05, 0) is 12.1 Å². The van der Waals surface area contributed by atoms with E-state index in [0.717, 1.165) is 5.69 Å². The van der Waals surface area contributed by atoms with Crippen LogP contribution in [0, 0.1) is 0 Å². The Bertz CT molecular complexity index is 282. The number of hydrogen-bond acceptors (Lipinski definition) is 4. The maximum absolute atomic E-state index is 3.90. The van der Waals surface area contributed by atoms with Gasteiger partial charge >= 0.3 is 0 Å². The molecule has 4 heteroatoms. The fourth-order valence-electron chi connectivity index (χ4n) is 1.17. The van der Waals surface area contributed by atoms with E-state index in [0.29, 0.717) is 6.67 Å². The van der Waals surface area contributed by atoms with E-state index in [-0.39, 0.29) is 0 Å². The lowest BCUT2D eigenvalue weighted by atomic mass is 10.3. The van der Waals surface area contributed by atoms with E-state index in [2.05, 4.69) is 10.3 Å². The predicted octanol–water partition coefficient (Wildman–Crippen LogP) is 1.68. The number of rotatable bonds is 1. The highest BCUT2D eigenvalue weighted by Gasteiger charge is 2.14. The first-order chi connectivity index (χ1) is 5.88. The molecule has 2 rings (SSSR count). The van der Waals surface area contributed by atoms with Gasteiger partial charge in [0.25, 0.3) is 0 Å². The van der Waals surface area contributed by atoms with Crippen LogP contribution in [0.2, 0.25) is 0 Å². The highest BCUT2D eigenvalue weighted by Crippen LogP contribution is 2.18. The van der Waals surface area contributed by atoms with E-state index in [1.165, 1.54) is 0 Å². The highest BCUT2D eigenvalue weighted by molar-refractivity contribution is 5.44. The van der Waals surface area contributed by atoms with E-state index in [9.17, 15) is 0 Å². The molecule has 0 saturated heterocycles. The van der Waals surface area contributed by atoms with E-state index < -0.39 is 0 Å². The number of para-hydroxylation sites is 1. The molecule has 4 nitrogen and oxygen atoms in total. The molecular weight excluding hydrogens is 152 g/mol. The molecule has 0 bridgehead atoms. The first kappa shape index (κ1) is 7.09. The summed E-state index contributed by atoms with van der Waals surface area (Å²) in [5.74, 6) is 0. The lowest BCUT2D eigenvalue weighted by molar-refractivity contribution is 0.356. The molecule has 0 radical (unpaired) electrons. The minimum Gasteiger partial charge on any atom is -0.245 e. The van der Waals surface area contributed by atoms with Crippen molar-refractivity contribution in [1.82, 2.24) is 5.12 Å². The largest absolute Gasteiger partial charge is 0.245 e. The second-order valence-electron chi connectivity index (χ2n) is 2.60. The first-order valence-electron chi connectivity index (χ1n) is 3.81. The van der Waals surface area contributed by atoms with Crippen LogP contribution in [0.4, 0.5) is 5.69 Å². The SMILES string of the molecule is CN1N=NCN1c1ccccc1. The van der Waals surface area contributed by atoms with Gasteiger partial charge in [0.15, 0.2) is 6.67 Å². The van der Waals surface area contributed by atoms with Gasteiger partial charge in [0, 0.05) is 7.05 Å². The van der Waals surface area contributed by atoms with Crippen molar-refractivity contribution >= 4 is 5.69 Å². The van der Waals surface area contributed by atoms with Gasteiger partial charge < -0.3 is 0 Å². The van der Waals surface area contributed by atoms with Crippen molar-refractivity contribution in [3.8, 4) is 0 Å². The number of nitrogens with zero attached hydrogens (tertiary/aromatic N) is 4. The number of anilines is 1. The zero-order valence-electron chi connectivity index (χ0n) is 6.88. The monoisotopic (exact) mass is 162 g/mol. The van der Waals surface area contributed by atoms with E-state index >= 15 is 0 Å². The van der Waals surface area contributed by atoms with Crippen molar-refractivity contribution in [3.05, 3.63) is 30.3 Å². The Hall–Kier alpha value is -1.58. The van der Waals surface area contributed by atoms with Crippen LogP contribution < -0.4 is 5.01 Å². The minimum absolute atomic E-state index is 0.612. The molecule has 0 N–H and O–H groups in total. The fourth-order valence-corrected chi connectivity index (χ4v) is 1.17. The van der Waals surface area contributed by atoms with Gasteiger partial charge in [-0.25, -0.2) is 5.01 Å². The molecule has 62 valence electrons. The van der Waals surface area contributed by atoms with Crippen LogP contribution in [-0.2, 0) is 0 Å². The lowest BCUT2D eigenvalue weighted by Gasteiger charge is -2.22. The van der Waals surface area contributed by atoms with Crippen molar-refractivity contribution in [2.24, 2.45) is 10.3 Å². The number of hydrogen-bond donors (Lipinski definition) is 0. The predicted molar refractivity (Wildman–Crippen MR) is 46.4 cm³/mol. The summed E-state index contributed by atoms with van der Waals surface area (Å²) < 4.78 is 0. The quantitative estimate of drug-likeness (QED) is 0.629. The normalized spacial score (nSPS) is 15.8. The Balaban J connectivity index is 2.22. The van der Waals surface area contributed by atoms with Gasteiger partial charge in [0.2, 0.25) is 0 Å². The molecular formula is C8H10N4. The van der Waals surface area contributed by atoms with E-state index in [1.807, 2.05) is 42.4 Å². The van der Waals surface area contributed by atoms with Crippen molar-refractivity contribution in [2.75, 3.05) is 18.7 Å². The Kier molecular flexibility index (Phi) is 1.66. The van der Waals surface area contributed by atoms with Gasteiger partial charge in [-0.3, -0.25) is 0 Å². The first-order valence-corrected chi connectivity index (χ1v) is 3.81. The summed E-state index contributed by atoms with van der Waals surface area (Å²) in [5, 5.41) is 11.5. The molecule has 0 atom stereocenters. The Morgan fingerprint density at radius 3 is 2.58 bits per heavy atom. The zero-order chi connectivity index (χ0) is 8.39. The summed E-state index contributed by atoms with van der Waals surface area (Å²) >= 11 is 0. The molecule has 1 heterocycles. The molecule has 0 fully saturated rings. The topological polar surface area (TPSA) is 31.2 Å². The molecule has 0 spiro atoms. The fraction of sp³-hybridized carbons (Fsp3) is 0.250. The maximum atomic E-state index is 3.90. The highest BCUT2D eigenvalue weighted by atomic mass is 15.9. The number of benzene rings is 1. The molecule has 1 aromatic rings. The molecule has 1 aliphatic rings. The summed E-state index contributed by atoms with van der Waals surface area (Å²) in [4.78, 5) is 0. The number of hydrazine groups is 1. The van der Waals surface area contributed by atoms with Crippen LogP contribution in [0.5, 0.6) is 0 Å². The third-order valence-corrected chi connectivity index (χ3v) is 1.79. The summed E-state index contributed by atoms with van der Waals surface area (Å²) in [7, 11) is 1.88. The molecule has 0 saturated carbocycles. The van der Waals surface area contributed by atoms with Crippen LogP contribution in [0.15, 0.2) is 40.7 Å². The van der Waals surface area contributed by atoms with Gasteiger partial charge in [-0.1, -0.05) is 23.4 Å². The molecule has 1 aromatic carbocycles.